The molecule has 4 nitrogen and oxygen atoms in total. The van der Waals surface area contributed by atoms with Crippen LogP contribution in [0, 0.1) is 6.92 Å². The summed E-state index contributed by atoms with van der Waals surface area (Å²) in [5, 5.41) is 3.80. The Morgan fingerprint density at radius 2 is 1.76 bits per heavy atom. The standard InChI is InChI=1S/C28H25ClN2O2/c1-20-9-14-25(26(29)16-20)28(23-7-3-2-4-8-23)31-27(32)17-21-10-12-24(13-11-21)33-19-22-6-5-15-30-18-22/h2-16,18,28H,17,19H2,1H3,(H,31,32). The second-order valence-electron chi connectivity index (χ2n) is 7.91. The molecule has 166 valence electrons. The van der Waals surface area contributed by atoms with Crippen LogP contribution in [0.4, 0.5) is 0 Å². The van der Waals surface area contributed by atoms with Crippen LogP contribution in [0.1, 0.15) is 33.9 Å². The third kappa shape index (κ3) is 6.21. The summed E-state index contributed by atoms with van der Waals surface area (Å²) in [7, 11) is 0. The Balaban J connectivity index is 1.43. The van der Waals surface area contributed by atoms with Crippen LogP contribution in [-0.4, -0.2) is 10.9 Å². The van der Waals surface area contributed by atoms with Crippen molar-refractivity contribution in [2.24, 2.45) is 0 Å². The molecule has 1 unspecified atom stereocenters. The number of nitrogens with zero attached hydrogens (tertiary/aromatic N) is 1. The SMILES string of the molecule is Cc1ccc(C(NC(=O)Cc2ccc(OCc3cccnc3)cc2)c2ccccc2)c(Cl)c1. The van der Waals surface area contributed by atoms with E-state index in [9.17, 15) is 4.79 Å². The Labute approximate surface area is 199 Å². The quantitative estimate of drug-likeness (QED) is 0.350. The van der Waals surface area contributed by atoms with Crippen LogP contribution in [0.25, 0.3) is 0 Å². The normalized spacial score (nSPS) is 11.6. The molecule has 0 bridgehead atoms. The van der Waals surface area contributed by atoms with Crippen molar-refractivity contribution in [3.8, 4) is 5.75 Å². The molecule has 0 fully saturated rings. The Kier molecular flexibility index (Phi) is 7.38. The van der Waals surface area contributed by atoms with E-state index in [4.69, 9.17) is 16.3 Å². The fraction of sp³-hybridized carbons (Fsp3) is 0.143. The lowest BCUT2D eigenvalue weighted by Crippen LogP contribution is -2.30. The van der Waals surface area contributed by atoms with Crippen molar-refractivity contribution >= 4 is 17.5 Å². The number of rotatable bonds is 8. The molecule has 0 aliphatic heterocycles. The van der Waals surface area contributed by atoms with Gasteiger partial charge < -0.3 is 10.1 Å². The maximum absolute atomic E-state index is 13.0. The average molecular weight is 457 g/mol. The lowest BCUT2D eigenvalue weighted by molar-refractivity contribution is -0.120. The van der Waals surface area contributed by atoms with E-state index < -0.39 is 0 Å². The summed E-state index contributed by atoms with van der Waals surface area (Å²) < 4.78 is 5.80. The summed E-state index contributed by atoms with van der Waals surface area (Å²) >= 11 is 6.54. The van der Waals surface area contributed by atoms with Gasteiger partial charge in [0.2, 0.25) is 5.91 Å². The molecule has 1 amide bonds. The highest BCUT2D eigenvalue weighted by atomic mass is 35.5. The highest BCUT2D eigenvalue weighted by Gasteiger charge is 2.19. The highest BCUT2D eigenvalue weighted by Crippen LogP contribution is 2.29. The van der Waals surface area contributed by atoms with Crippen LogP contribution >= 0.6 is 11.6 Å². The molecular weight excluding hydrogens is 432 g/mol. The van der Waals surface area contributed by atoms with Crippen molar-refractivity contribution in [1.82, 2.24) is 10.3 Å². The smallest absolute Gasteiger partial charge is 0.225 e. The molecule has 4 aromatic rings. The van der Waals surface area contributed by atoms with Crippen LogP contribution in [0.3, 0.4) is 0 Å². The maximum atomic E-state index is 13.0. The molecule has 33 heavy (non-hydrogen) atoms. The minimum Gasteiger partial charge on any atom is -0.489 e. The maximum Gasteiger partial charge on any atom is 0.225 e. The molecule has 1 heterocycles. The van der Waals surface area contributed by atoms with Crippen molar-refractivity contribution < 1.29 is 9.53 Å². The van der Waals surface area contributed by atoms with E-state index in [0.29, 0.717) is 11.6 Å². The number of nitrogens with one attached hydrogen (secondary N) is 1. The number of benzene rings is 3. The largest absolute Gasteiger partial charge is 0.489 e. The molecule has 0 saturated carbocycles. The highest BCUT2D eigenvalue weighted by molar-refractivity contribution is 6.31. The molecule has 1 aromatic heterocycles. The summed E-state index contributed by atoms with van der Waals surface area (Å²) in [6.07, 6.45) is 3.77. The molecule has 0 aliphatic rings. The van der Waals surface area contributed by atoms with E-state index in [-0.39, 0.29) is 18.4 Å². The van der Waals surface area contributed by atoms with E-state index in [0.717, 1.165) is 33.6 Å². The number of hydrogen-bond donors (Lipinski definition) is 1. The fourth-order valence-electron chi connectivity index (χ4n) is 3.60. The Hall–Kier alpha value is -3.63. The van der Waals surface area contributed by atoms with E-state index in [1.807, 2.05) is 91.9 Å². The zero-order chi connectivity index (χ0) is 23.0. The van der Waals surface area contributed by atoms with Crippen molar-refractivity contribution in [1.29, 1.82) is 0 Å². The summed E-state index contributed by atoms with van der Waals surface area (Å²) in [6.45, 7) is 2.44. The molecule has 1 atom stereocenters. The summed E-state index contributed by atoms with van der Waals surface area (Å²) in [5.74, 6) is 0.668. The number of amides is 1. The van der Waals surface area contributed by atoms with Gasteiger partial charge in [0.05, 0.1) is 12.5 Å². The minimum absolute atomic E-state index is 0.0791. The summed E-state index contributed by atoms with van der Waals surface area (Å²) in [4.78, 5) is 17.0. The van der Waals surface area contributed by atoms with Gasteiger partial charge in [0, 0.05) is 23.0 Å². The van der Waals surface area contributed by atoms with Gasteiger partial charge in [0.1, 0.15) is 12.4 Å². The van der Waals surface area contributed by atoms with E-state index in [2.05, 4.69) is 10.3 Å². The number of halogens is 1. The van der Waals surface area contributed by atoms with Crippen molar-refractivity contribution in [3.63, 3.8) is 0 Å². The molecular formula is C28H25ClN2O2. The Bertz CT molecular complexity index is 1200. The van der Waals surface area contributed by atoms with Crippen LogP contribution in [0.2, 0.25) is 5.02 Å². The summed E-state index contributed by atoms with van der Waals surface area (Å²) in [5.41, 5.74) is 4.84. The number of hydrogen-bond acceptors (Lipinski definition) is 3. The number of aromatic nitrogens is 1. The van der Waals surface area contributed by atoms with Crippen LogP contribution in [0.15, 0.2) is 97.3 Å². The monoisotopic (exact) mass is 456 g/mol. The predicted molar refractivity (Wildman–Crippen MR) is 131 cm³/mol. The topological polar surface area (TPSA) is 51.2 Å². The van der Waals surface area contributed by atoms with E-state index >= 15 is 0 Å². The molecule has 0 radical (unpaired) electrons. The van der Waals surface area contributed by atoms with Crippen LogP contribution < -0.4 is 10.1 Å². The molecule has 0 saturated heterocycles. The van der Waals surface area contributed by atoms with Gasteiger partial charge in [-0.15, -0.1) is 0 Å². The molecule has 5 heteroatoms. The second kappa shape index (κ2) is 10.8. The Morgan fingerprint density at radius 3 is 2.45 bits per heavy atom. The third-order valence-electron chi connectivity index (χ3n) is 5.32. The third-order valence-corrected chi connectivity index (χ3v) is 5.65. The number of pyridine rings is 1. The number of carbonyl (C=O) groups is 1. The van der Waals surface area contributed by atoms with Crippen LogP contribution in [-0.2, 0) is 17.8 Å². The molecule has 0 spiro atoms. The summed E-state index contributed by atoms with van der Waals surface area (Å²) in [6, 6.07) is 26.9. The van der Waals surface area contributed by atoms with Gasteiger partial charge in [0.15, 0.2) is 0 Å². The first-order valence-corrected chi connectivity index (χ1v) is 11.2. The van der Waals surface area contributed by atoms with E-state index in [1.165, 1.54) is 0 Å². The minimum atomic E-state index is -0.325. The number of ether oxygens (including phenoxy) is 1. The van der Waals surface area contributed by atoms with Gasteiger partial charge in [-0.25, -0.2) is 0 Å². The van der Waals surface area contributed by atoms with Gasteiger partial charge in [-0.1, -0.05) is 72.3 Å². The molecule has 1 N–H and O–H groups in total. The molecule has 0 aliphatic carbocycles. The zero-order valence-corrected chi connectivity index (χ0v) is 19.1. The lowest BCUT2D eigenvalue weighted by Gasteiger charge is -2.21. The second-order valence-corrected chi connectivity index (χ2v) is 8.31. The Morgan fingerprint density at radius 1 is 0.970 bits per heavy atom. The molecule has 3 aromatic carbocycles. The van der Waals surface area contributed by atoms with E-state index in [1.54, 1.807) is 12.4 Å². The first kappa shape index (κ1) is 22.6. The van der Waals surface area contributed by atoms with Gasteiger partial charge >= 0.3 is 0 Å². The number of aryl methyl sites for hydroxylation is 1. The molecule has 4 rings (SSSR count). The van der Waals surface area contributed by atoms with Gasteiger partial charge in [-0.05, 0) is 53.4 Å². The first-order valence-electron chi connectivity index (χ1n) is 10.8. The van der Waals surface area contributed by atoms with Crippen LogP contribution in [0.5, 0.6) is 5.75 Å². The van der Waals surface area contributed by atoms with Crippen molar-refractivity contribution in [2.45, 2.75) is 26.0 Å². The van der Waals surface area contributed by atoms with Gasteiger partial charge in [-0.2, -0.15) is 0 Å². The van der Waals surface area contributed by atoms with Gasteiger partial charge in [0.25, 0.3) is 0 Å². The van der Waals surface area contributed by atoms with Crippen molar-refractivity contribution in [2.75, 3.05) is 0 Å². The number of carbonyl (C=O) groups excluding carboxylic acids is 1. The van der Waals surface area contributed by atoms with Crippen molar-refractivity contribution in [3.05, 3.63) is 130 Å². The predicted octanol–water partition coefficient (Wildman–Crippen LogP) is 6.07. The first-order chi connectivity index (χ1) is 16.1. The van der Waals surface area contributed by atoms with Gasteiger partial charge in [-0.3, -0.25) is 9.78 Å². The lowest BCUT2D eigenvalue weighted by atomic mass is 9.97. The fourth-order valence-corrected chi connectivity index (χ4v) is 3.95. The average Bonchev–Trinajstić information content (AvgIpc) is 2.84. The zero-order valence-electron chi connectivity index (χ0n) is 18.4.